The molecule has 1 saturated heterocycles. The van der Waals surface area contributed by atoms with Crippen LogP contribution in [0.1, 0.15) is 16.9 Å². The van der Waals surface area contributed by atoms with Crippen molar-refractivity contribution in [1.82, 2.24) is 10.3 Å². The Hall–Kier alpha value is -1.98. The van der Waals surface area contributed by atoms with Gasteiger partial charge in [-0.2, -0.15) is 0 Å². The third kappa shape index (κ3) is 2.64. The van der Waals surface area contributed by atoms with E-state index in [0.717, 1.165) is 10.9 Å². The molecule has 1 aromatic carbocycles. The number of hydrogen-bond donors (Lipinski definition) is 2. The van der Waals surface area contributed by atoms with E-state index in [4.69, 9.17) is 4.74 Å². The van der Waals surface area contributed by atoms with E-state index in [-0.39, 0.29) is 19.1 Å². The summed E-state index contributed by atoms with van der Waals surface area (Å²) in [5.74, 6) is -0.281. The molecule has 0 radical (unpaired) electrons. The van der Waals surface area contributed by atoms with Crippen molar-refractivity contribution >= 4 is 16.8 Å². The summed E-state index contributed by atoms with van der Waals surface area (Å²) in [7, 11) is 0. The highest BCUT2D eigenvalue weighted by Gasteiger charge is 2.32. The van der Waals surface area contributed by atoms with Gasteiger partial charge in [-0.15, -0.1) is 0 Å². The third-order valence-corrected chi connectivity index (χ3v) is 3.49. The fourth-order valence-electron chi connectivity index (χ4n) is 2.26. The van der Waals surface area contributed by atoms with Crippen molar-refractivity contribution in [2.75, 3.05) is 19.8 Å². The van der Waals surface area contributed by atoms with Crippen molar-refractivity contribution < 1.29 is 14.6 Å². The standard InChI is InChI=1S/C15H16N2O3/c18-14(16-9-15(19)7-8-20-10-15)13-6-5-11-3-1-2-4-12(11)17-13/h1-6,19H,7-10H2,(H,16,18)/t15-/m0/s1. The molecule has 1 amide bonds. The second-order valence-corrected chi connectivity index (χ2v) is 5.10. The molecule has 2 heterocycles. The van der Waals surface area contributed by atoms with Crippen LogP contribution in [-0.2, 0) is 4.74 Å². The molecule has 5 nitrogen and oxygen atoms in total. The quantitative estimate of drug-likeness (QED) is 0.878. The molecule has 1 aromatic heterocycles. The van der Waals surface area contributed by atoms with Gasteiger partial charge in [0.2, 0.25) is 0 Å². The Labute approximate surface area is 116 Å². The lowest BCUT2D eigenvalue weighted by Gasteiger charge is -2.20. The molecular formula is C15H16N2O3. The Morgan fingerprint density at radius 3 is 3.00 bits per heavy atom. The number of rotatable bonds is 3. The molecule has 1 aliphatic rings. The average molecular weight is 272 g/mol. The van der Waals surface area contributed by atoms with Gasteiger partial charge in [0, 0.05) is 25.0 Å². The maximum Gasteiger partial charge on any atom is 0.270 e. The van der Waals surface area contributed by atoms with E-state index in [0.29, 0.717) is 18.7 Å². The number of carbonyl (C=O) groups is 1. The Bertz CT molecular complexity index is 636. The predicted octanol–water partition coefficient (Wildman–Crippen LogP) is 1.12. The van der Waals surface area contributed by atoms with Gasteiger partial charge in [0.15, 0.2) is 0 Å². The summed E-state index contributed by atoms with van der Waals surface area (Å²) in [6.07, 6.45) is 0.540. The summed E-state index contributed by atoms with van der Waals surface area (Å²) >= 11 is 0. The fourth-order valence-corrected chi connectivity index (χ4v) is 2.26. The van der Waals surface area contributed by atoms with Crippen LogP contribution in [0.2, 0.25) is 0 Å². The number of aromatic nitrogens is 1. The molecule has 3 rings (SSSR count). The zero-order valence-corrected chi connectivity index (χ0v) is 11.0. The number of ether oxygens (including phenoxy) is 1. The van der Waals surface area contributed by atoms with Gasteiger partial charge in [-0.1, -0.05) is 24.3 Å². The van der Waals surface area contributed by atoms with Gasteiger partial charge in [0.1, 0.15) is 11.3 Å². The highest BCUT2D eigenvalue weighted by molar-refractivity contribution is 5.94. The maximum absolute atomic E-state index is 12.1. The SMILES string of the molecule is O=C(NC[C@@]1(O)CCOC1)c1ccc2ccccc2n1. The Morgan fingerprint density at radius 2 is 2.20 bits per heavy atom. The van der Waals surface area contributed by atoms with Crippen LogP contribution in [0.4, 0.5) is 0 Å². The van der Waals surface area contributed by atoms with E-state index < -0.39 is 5.60 Å². The molecular weight excluding hydrogens is 256 g/mol. The summed E-state index contributed by atoms with van der Waals surface area (Å²) in [6, 6.07) is 11.2. The fraction of sp³-hybridized carbons (Fsp3) is 0.333. The van der Waals surface area contributed by atoms with E-state index in [9.17, 15) is 9.90 Å². The molecule has 2 N–H and O–H groups in total. The number of nitrogens with one attached hydrogen (secondary N) is 1. The molecule has 1 aliphatic heterocycles. The van der Waals surface area contributed by atoms with Crippen molar-refractivity contribution in [2.45, 2.75) is 12.0 Å². The predicted molar refractivity (Wildman–Crippen MR) is 74.5 cm³/mol. The lowest BCUT2D eigenvalue weighted by atomic mass is 10.0. The van der Waals surface area contributed by atoms with Gasteiger partial charge >= 0.3 is 0 Å². The summed E-state index contributed by atoms with van der Waals surface area (Å²) in [5, 5.41) is 13.8. The van der Waals surface area contributed by atoms with Crippen LogP contribution in [0, 0.1) is 0 Å². The first-order valence-electron chi connectivity index (χ1n) is 6.60. The maximum atomic E-state index is 12.1. The normalized spacial score (nSPS) is 22.1. The van der Waals surface area contributed by atoms with Crippen LogP contribution in [0.15, 0.2) is 36.4 Å². The molecule has 0 saturated carbocycles. The zero-order valence-electron chi connectivity index (χ0n) is 11.0. The number of para-hydroxylation sites is 1. The summed E-state index contributed by atoms with van der Waals surface area (Å²) < 4.78 is 5.14. The molecule has 0 spiro atoms. The van der Waals surface area contributed by atoms with Crippen LogP contribution < -0.4 is 5.32 Å². The largest absolute Gasteiger partial charge is 0.386 e. The molecule has 5 heteroatoms. The number of hydrogen-bond acceptors (Lipinski definition) is 4. The second-order valence-electron chi connectivity index (χ2n) is 5.10. The number of nitrogens with zero attached hydrogens (tertiary/aromatic N) is 1. The van der Waals surface area contributed by atoms with Crippen LogP contribution in [0.3, 0.4) is 0 Å². The smallest absolute Gasteiger partial charge is 0.270 e. The van der Waals surface area contributed by atoms with Gasteiger partial charge in [-0.25, -0.2) is 4.98 Å². The third-order valence-electron chi connectivity index (χ3n) is 3.49. The Morgan fingerprint density at radius 1 is 1.35 bits per heavy atom. The van der Waals surface area contributed by atoms with Crippen LogP contribution in [0.5, 0.6) is 0 Å². The van der Waals surface area contributed by atoms with Gasteiger partial charge in [0.25, 0.3) is 5.91 Å². The summed E-state index contributed by atoms with van der Waals surface area (Å²) in [5.41, 5.74) is 0.182. The number of aliphatic hydroxyl groups is 1. The van der Waals surface area contributed by atoms with E-state index in [1.165, 1.54) is 0 Å². The lowest BCUT2D eigenvalue weighted by molar-refractivity contribution is 0.0264. The molecule has 20 heavy (non-hydrogen) atoms. The molecule has 104 valence electrons. The molecule has 0 aliphatic carbocycles. The second kappa shape index (κ2) is 5.19. The Kier molecular flexibility index (Phi) is 3.38. The van der Waals surface area contributed by atoms with E-state index >= 15 is 0 Å². The van der Waals surface area contributed by atoms with Crippen molar-refractivity contribution in [3.8, 4) is 0 Å². The van der Waals surface area contributed by atoms with Crippen LogP contribution in [-0.4, -0.2) is 41.4 Å². The number of pyridine rings is 1. The number of amides is 1. The van der Waals surface area contributed by atoms with Crippen LogP contribution in [0.25, 0.3) is 10.9 Å². The van der Waals surface area contributed by atoms with Crippen molar-refractivity contribution in [2.24, 2.45) is 0 Å². The Balaban J connectivity index is 1.72. The van der Waals surface area contributed by atoms with Crippen molar-refractivity contribution in [3.05, 3.63) is 42.1 Å². The van der Waals surface area contributed by atoms with E-state index in [1.54, 1.807) is 6.07 Å². The minimum atomic E-state index is -0.952. The van der Waals surface area contributed by atoms with Crippen molar-refractivity contribution in [1.29, 1.82) is 0 Å². The van der Waals surface area contributed by atoms with Gasteiger partial charge in [-0.3, -0.25) is 4.79 Å². The number of carbonyl (C=O) groups excluding carboxylic acids is 1. The van der Waals surface area contributed by atoms with E-state index in [1.807, 2.05) is 30.3 Å². The number of benzene rings is 1. The molecule has 1 atom stereocenters. The topological polar surface area (TPSA) is 71.5 Å². The van der Waals surface area contributed by atoms with E-state index in [2.05, 4.69) is 10.3 Å². The highest BCUT2D eigenvalue weighted by atomic mass is 16.5. The van der Waals surface area contributed by atoms with Gasteiger partial charge < -0.3 is 15.2 Å². The molecule has 1 fully saturated rings. The van der Waals surface area contributed by atoms with Gasteiger partial charge in [-0.05, 0) is 12.1 Å². The van der Waals surface area contributed by atoms with Crippen LogP contribution >= 0.6 is 0 Å². The molecule has 0 bridgehead atoms. The summed E-state index contributed by atoms with van der Waals surface area (Å²) in [6.45, 7) is 0.972. The first-order valence-corrected chi connectivity index (χ1v) is 6.60. The average Bonchev–Trinajstić information content (AvgIpc) is 2.91. The monoisotopic (exact) mass is 272 g/mol. The molecule has 2 aromatic rings. The van der Waals surface area contributed by atoms with Crippen molar-refractivity contribution in [3.63, 3.8) is 0 Å². The lowest BCUT2D eigenvalue weighted by Crippen LogP contribution is -2.43. The molecule has 0 unspecified atom stereocenters. The van der Waals surface area contributed by atoms with Gasteiger partial charge in [0.05, 0.1) is 12.1 Å². The summed E-state index contributed by atoms with van der Waals surface area (Å²) in [4.78, 5) is 16.4. The minimum Gasteiger partial charge on any atom is -0.386 e. The zero-order chi connectivity index (χ0) is 14.0. The number of fused-ring (bicyclic) bond motifs is 1. The minimum absolute atomic E-state index is 0.181. The first kappa shape index (κ1) is 13.0. The highest BCUT2D eigenvalue weighted by Crippen LogP contribution is 2.17. The first-order chi connectivity index (χ1) is 9.66.